The molecule has 4 rings (SSSR count). The van der Waals surface area contributed by atoms with Gasteiger partial charge < -0.3 is 14.5 Å². The maximum absolute atomic E-state index is 13.7. The third-order valence-corrected chi connectivity index (χ3v) is 6.04. The van der Waals surface area contributed by atoms with Crippen LogP contribution < -0.4 is 15.0 Å². The van der Waals surface area contributed by atoms with E-state index >= 15 is 0 Å². The summed E-state index contributed by atoms with van der Waals surface area (Å²) in [5.41, 5.74) is 2.26. The molecular formula is C27H30N2O4. The van der Waals surface area contributed by atoms with Crippen LogP contribution in [0.2, 0.25) is 0 Å². The van der Waals surface area contributed by atoms with Crippen LogP contribution >= 0.6 is 0 Å². The lowest BCUT2D eigenvalue weighted by Gasteiger charge is -2.32. The summed E-state index contributed by atoms with van der Waals surface area (Å²) in [7, 11) is 0. The van der Waals surface area contributed by atoms with Crippen LogP contribution in [0.5, 0.6) is 5.75 Å². The predicted octanol–water partition coefficient (Wildman–Crippen LogP) is 5.43. The molecule has 6 nitrogen and oxygen atoms in total. The standard InChI is InChI=1S/C27H30N2O4/c1-3-32-22-16-14-20(15-17-22)25(26(30)28-21-10-5-6-11-21)29(23-12-7-4-9-19(23)2)27(31)24-13-8-18-33-24/h4,7-9,12-18,21,25H,3,5-6,10-11H2,1-2H3,(H,28,30). The van der Waals surface area contributed by atoms with E-state index in [0.717, 1.165) is 37.0 Å². The number of hydrogen-bond donors (Lipinski definition) is 1. The van der Waals surface area contributed by atoms with E-state index in [9.17, 15) is 9.59 Å². The molecule has 1 atom stereocenters. The number of furan rings is 1. The Morgan fingerprint density at radius 3 is 2.42 bits per heavy atom. The second-order valence-corrected chi connectivity index (χ2v) is 8.33. The lowest BCUT2D eigenvalue weighted by atomic mass is 10.0. The lowest BCUT2D eigenvalue weighted by Crippen LogP contribution is -2.46. The number of carbonyl (C=O) groups excluding carboxylic acids is 2. The zero-order chi connectivity index (χ0) is 23.2. The van der Waals surface area contributed by atoms with E-state index in [4.69, 9.17) is 9.15 Å². The van der Waals surface area contributed by atoms with Crippen molar-refractivity contribution in [2.75, 3.05) is 11.5 Å². The first-order valence-electron chi connectivity index (χ1n) is 11.5. The molecule has 1 aromatic heterocycles. The second kappa shape index (κ2) is 10.4. The highest BCUT2D eigenvalue weighted by Crippen LogP contribution is 2.33. The number of hydrogen-bond acceptors (Lipinski definition) is 4. The normalized spacial score (nSPS) is 14.6. The van der Waals surface area contributed by atoms with Gasteiger partial charge in [0.05, 0.1) is 12.9 Å². The summed E-state index contributed by atoms with van der Waals surface area (Å²) in [5.74, 6) is 0.336. The highest BCUT2D eigenvalue weighted by atomic mass is 16.5. The molecule has 0 aliphatic heterocycles. The average Bonchev–Trinajstić information content (AvgIpc) is 3.53. The van der Waals surface area contributed by atoms with E-state index in [1.807, 2.05) is 62.4 Å². The fourth-order valence-electron chi connectivity index (χ4n) is 4.40. The van der Waals surface area contributed by atoms with Crippen molar-refractivity contribution in [2.45, 2.75) is 51.6 Å². The van der Waals surface area contributed by atoms with Gasteiger partial charge in [-0.3, -0.25) is 14.5 Å². The molecule has 1 unspecified atom stereocenters. The Bertz CT molecular complexity index is 1070. The Kier molecular flexibility index (Phi) is 7.13. The van der Waals surface area contributed by atoms with Gasteiger partial charge in [0.25, 0.3) is 5.91 Å². The highest BCUT2D eigenvalue weighted by molar-refractivity contribution is 6.09. The van der Waals surface area contributed by atoms with E-state index in [2.05, 4.69) is 5.32 Å². The van der Waals surface area contributed by atoms with Crippen molar-refractivity contribution in [2.24, 2.45) is 0 Å². The third-order valence-electron chi connectivity index (χ3n) is 6.04. The first-order valence-corrected chi connectivity index (χ1v) is 11.5. The van der Waals surface area contributed by atoms with Gasteiger partial charge >= 0.3 is 0 Å². The Morgan fingerprint density at radius 2 is 1.79 bits per heavy atom. The number of rotatable bonds is 8. The quantitative estimate of drug-likeness (QED) is 0.501. The van der Waals surface area contributed by atoms with Crippen molar-refractivity contribution in [3.63, 3.8) is 0 Å². The number of ether oxygens (including phenoxy) is 1. The molecule has 33 heavy (non-hydrogen) atoms. The smallest absolute Gasteiger partial charge is 0.294 e. The number of anilines is 1. The first kappa shape index (κ1) is 22.6. The molecule has 0 saturated heterocycles. The Hall–Kier alpha value is -3.54. The van der Waals surface area contributed by atoms with Gasteiger partial charge in [0.2, 0.25) is 5.91 Å². The van der Waals surface area contributed by atoms with Crippen LogP contribution in [0.1, 0.15) is 60.3 Å². The van der Waals surface area contributed by atoms with Crippen LogP contribution in [0, 0.1) is 6.92 Å². The number of benzene rings is 2. The number of amides is 2. The minimum atomic E-state index is -0.861. The van der Waals surface area contributed by atoms with Crippen LogP contribution in [0.15, 0.2) is 71.3 Å². The largest absolute Gasteiger partial charge is 0.494 e. The monoisotopic (exact) mass is 446 g/mol. The van der Waals surface area contributed by atoms with Gasteiger partial charge in [-0.15, -0.1) is 0 Å². The molecule has 3 aromatic rings. The molecule has 1 aliphatic rings. The van der Waals surface area contributed by atoms with Crippen LogP contribution in [0.25, 0.3) is 0 Å². The number of para-hydroxylation sites is 1. The van der Waals surface area contributed by atoms with Crippen LogP contribution in [-0.2, 0) is 4.79 Å². The van der Waals surface area contributed by atoms with Crippen molar-refractivity contribution in [1.82, 2.24) is 5.32 Å². The topological polar surface area (TPSA) is 71.8 Å². The number of nitrogens with one attached hydrogen (secondary N) is 1. The van der Waals surface area contributed by atoms with Gasteiger partial charge in [-0.25, -0.2) is 0 Å². The van der Waals surface area contributed by atoms with Crippen molar-refractivity contribution in [3.8, 4) is 5.75 Å². The minimum Gasteiger partial charge on any atom is -0.494 e. The SMILES string of the molecule is CCOc1ccc(C(C(=O)NC2CCCC2)N(C(=O)c2ccco2)c2ccccc2C)cc1. The fraction of sp³-hybridized carbons (Fsp3) is 0.333. The Labute approximate surface area is 194 Å². The third kappa shape index (κ3) is 5.11. The van der Waals surface area contributed by atoms with E-state index in [1.54, 1.807) is 17.0 Å². The van der Waals surface area contributed by atoms with Gasteiger partial charge in [0.1, 0.15) is 11.8 Å². The highest BCUT2D eigenvalue weighted by Gasteiger charge is 2.36. The van der Waals surface area contributed by atoms with E-state index < -0.39 is 6.04 Å². The van der Waals surface area contributed by atoms with E-state index in [1.165, 1.54) is 6.26 Å². The molecule has 0 radical (unpaired) electrons. The number of carbonyl (C=O) groups is 2. The second-order valence-electron chi connectivity index (χ2n) is 8.33. The summed E-state index contributed by atoms with van der Waals surface area (Å²) in [5, 5.41) is 3.19. The Morgan fingerprint density at radius 1 is 1.06 bits per heavy atom. The van der Waals surface area contributed by atoms with Crippen LogP contribution in [-0.4, -0.2) is 24.5 Å². The Balaban J connectivity index is 1.80. The molecule has 172 valence electrons. The van der Waals surface area contributed by atoms with Gasteiger partial charge in [-0.2, -0.15) is 0 Å². The number of nitrogens with zero attached hydrogens (tertiary/aromatic N) is 1. The van der Waals surface area contributed by atoms with E-state index in [0.29, 0.717) is 17.9 Å². The summed E-state index contributed by atoms with van der Waals surface area (Å²) in [6.45, 7) is 4.41. The fourth-order valence-corrected chi connectivity index (χ4v) is 4.40. The van der Waals surface area contributed by atoms with Gasteiger partial charge in [-0.05, 0) is 68.1 Å². The zero-order valence-electron chi connectivity index (χ0n) is 19.1. The molecule has 2 aromatic carbocycles. The summed E-state index contributed by atoms with van der Waals surface area (Å²) < 4.78 is 11.0. The number of aryl methyl sites for hydroxylation is 1. The summed E-state index contributed by atoms with van der Waals surface area (Å²) in [4.78, 5) is 29.0. The van der Waals surface area contributed by atoms with Crippen molar-refractivity contribution < 1.29 is 18.7 Å². The van der Waals surface area contributed by atoms with Crippen LogP contribution in [0.4, 0.5) is 5.69 Å². The van der Waals surface area contributed by atoms with E-state index in [-0.39, 0.29) is 23.6 Å². The molecule has 1 aliphatic carbocycles. The first-order chi connectivity index (χ1) is 16.1. The molecule has 0 spiro atoms. The van der Waals surface area contributed by atoms with Crippen molar-refractivity contribution >= 4 is 17.5 Å². The summed E-state index contributed by atoms with van der Waals surface area (Å²) in [6, 6.07) is 17.5. The maximum atomic E-state index is 13.7. The molecule has 1 N–H and O–H groups in total. The molecular weight excluding hydrogens is 416 g/mol. The molecule has 1 saturated carbocycles. The van der Waals surface area contributed by atoms with Gasteiger partial charge in [-0.1, -0.05) is 43.2 Å². The zero-order valence-corrected chi connectivity index (χ0v) is 19.1. The predicted molar refractivity (Wildman–Crippen MR) is 127 cm³/mol. The van der Waals surface area contributed by atoms with Gasteiger partial charge in [0, 0.05) is 11.7 Å². The molecule has 2 amide bonds. The van der Waals surface area contributed by atoms with Crippen LogP contribution in [0.3, 0.4) is 0 Å². The molecule has 1 heterocycles. The summed E-state index contributed by atoms with van der Waals surface area (Å²) >= 11 is 0. The maximum Gasteiger partial charge on any atom is 0.294 e. The molecule has 6 heteroatoms. The summed E-state index contributed by atoms with van der Waals surface area (Å²) in [6.07, 6.45) is 5.58. The lowest BCUT2D eigenvalue weighted by molar-refractivity contribution is -0.123. The van der Waals surface area contributed by atoms with Crippen molar-refractivity contribution in [3.05, 3.63) is 83.8 Å². The molecule has 0 bridgehead atoms. The average molecular weight is 447 g/mol. The van der Waals surface area contributed by atoms with Crippen molar-refractivity contribution in [1.29, 1.82) is 0 Å². The molecule has 1 fully saturated rings. The minimum absolute atomic E-state index is 0.125. The van der Waals surface area contributed by atoms with Gasteiger partial charge in [0.15, 0.2) is 5.76 Å².